The zero-order valence-corrected chi connectivity index (χ0v) is 17.5. The fourth-order valence-electron chi connectivity index (χ4n) is 2.73. The lowest BCUT2D eigenvalue weighted by molar-refractivity contribution is 0.0921. The number of carbonyl (C=O) groups excluding carboxylic acids is 1. The number of aromatic nitrogens is 4. The molecule has 0 aliphatic rings. The monoisotopic (exact) mass is 430 g/mol. The van der Waals surface area contributed by atoms with Crippen LogP contribution in [0.3, 0.4) is 0 Å². The number of ether oxygens (including phenoxy) is 2. The maximum absolute atomic E-state index is 14.5. The van der Waals surface area contributed by atoms with Gasteiger partial charge in [0.25, 0.3) is 5.91 Å². The lowest BCUT2D eigenvalue weighted by Gasteiger charge is -2.11. The van der Waals surface area contributed by atoms with Crippen molar-refractivity contribution in [2.75, 3.05) is 26.1 Å². The van der Waals surface area contributed by atoms with E-state index in [1.54, 1.807) is 32.0 Å². The first-order valence-electron chi connectivity index (χ1n) is 9.35. The van der Waals surface area contributed by atoms with Crippen LogP contribution in [-0.4, -0.2) is 57.6 Å². The highest BCUT2D eigenvalue weighted by Crippen LogP contribution is 2.27. The molecule has 2 heterocycles. The number of benzene rings is 1. The normalized spacial score (nSPS) is 11.7. The number of nitrogens with one attached hydrogen (secondary N) is 2. The summed E-state index contributed by atoms with van der Waals surface area (Å²) in [4.78, 5) is 20.5. The van der Waals surface area contributed by atoms with Gasteiger partial charge in [-0.2, -0.15) is 10.1 Å². The van der Waals surface area contributed by atoms with Crippen molar-refractivity contribution >= 4 is 17.5 Å². The third-order valence-electron chi connectivity index (χ3n) is 4.35. The van der Waals surface area contributed by atoms with E-state index in [-0.39, 0.29) is 23.9 Å². The molecule has 0 saturated heterocycles. The largest absolute Gasteiger partial charge is 0.497 e. The van der Waals surface area contributed by atoms with Crippen LogP contribution >= 0.6 is 0 Å². The lowest BCUT2D eigenvalue weighted by atomic mass is 10.2. The van der Waals surface area contributed by atoms with Crippen LogP contribution in [0.5, 0.6) is 11.5 Å². The van der Waals surface area contributed by atoms with Crippen LogP contribution in [0.1, 0.15) is 23.0 Å². The number of aliphatic hydroxyl groups is 1. The summed E-state index contributed by atoms with van der Waals surface area (Å²) in [6, 6.07) is 4.69. The molecule has 0 radical (unpaired) electrons. The third kappa shape index (κ3) is 5.07. The number of hydrogen-bond donors (Lipinski definition) is 3. The second-order valence-corrected chi connectivity index (χ2v) is 6.72. The first-order chi connectivity index (χ1) is 14.8. The Labute approximate surface area is 178 Å². The van der Waals surface area contributed by atoms with Crippen LogP contribution < -0.4 is 20.1 Å². The van der Waals surface area contributed by atoms with Gasteiger partial charge in [-0.3, -0.25) is 4.79 Å². The van der Waals surface area contributed by atoms with Crippen molar-refractivity contribution in [1.29, 1.82) is 0 Å². The molecule has 11 heteroatoms. The molecule has 3 rings (SSSR count). The van der Waals surface area contributed by atoms with E-state index in [0.29, 0.717) is 22.9 Å². The van der Waals surface area contributed by atoms with Crippen molar-refractivity contribution in [3.63, 3.8) is 0 Å². The zero-order chi connectivity index (χ0) is 22.5. The van der Waals surface area contributed by atoms with E-state index in [2.05, 4.69) is 25.7 Å². The van der Waals surface area contributed by atoms with E-state index in [1.807, 2.05) is 0 Å². The third-order valence-corrected chi connectivity index (χ3v) is 4.35. The van der Waals surface area contributed by atoms with Gasteiger partial charge in [-0.15, -0.1) is 0 Å². The van der Waals surface area contributed by atoms with Crippen molar-refractivity contribution < 1.29 is 23.8 Å². The van der Waals surface area contributed by atoms with Crippen molar-refractivity contribution in [2.45, 2.75) is 19.9 Å². The van der Waals surface area contributed by atoms with Gasteiger partial charge in [0.15, 0.2) is 11.6 Å². The highest BCUT2D eigenvalue weighted by Gasteiger charge is 2.18. The van der Waals surface area contributed by atoms with Crippen LogP contribution in [0.15, 0.2) is 30.6 Å². The van der Waals surface area contributed by atoms with E-state index < -0.39 is 17.8 Å². The molecule has 0 aliphatic carbocycles. The minimum absolute atomic E-state index is 0.111. The molecule has 0 aliphatic heterocycles. The van der Waals surface area contributed by atoms with Crippen LogP contribution in [-0.2, 0) is 0 Å². The molecular weight excluding hydrogens is 407 g/mol. The van der Waals surface area contributed by atoms with Crippen LogP contribution in [0.2, 0.25) is 0 Å². The number of halogens is 1. The van der Waals surface area contributed by atoms with Gasteiger partial charge in [-0.1, -0.05) is 0 Å². The van der Waals surface area contributed by atoms with Gasteiger partial charge in [0.05, 0.1) is 38.3 Å². The smallest absolute Gasteiger partial charge is 0.255 e. The molecule has 1 atom stereocenters. The summed E-state index contributed by atoms with van der Waals surface area (Å²) in [7, 11) is 3.06. The number of anilines is 2. The van der Waals surface area contributed by atoms with Crippen LogP contribution in [0.25, 0.3) is 5.82 Å². The van der Waals surface area contributed by atoms with Crippen LogP contribution in [0, 0.1) is 12.7 Å². The minimum atomic E-state index is -0.716. The Hall–Kier alpha value is -3.73. The highest BCUT2D eigenvalue weighted by atomic mass is 19.1. The van der Waals surface area contributed by atoms with Gasteiger partial charge < -0.3 is 25.2 Å². The van der Waals surface area contributed by atoms with Crippen molar-refractivity contribution in [3.05, 3.63) is 47.7 Å². The Morgan fingerprint density at radius 3 is 2.55 bits per heavy atom. The Balaban J connectivity index is 1.90. The first-order valence-corrected chi connectivity index (χ1v) is 9.35. The molecule has 3 N–H and O–H groups in total. The van der Waals surface area contributed by atoms with E-state index in [0.717, 1.165) is 6.20 Å². The zero-order valence-electron chi connectivity index (χ0n) is 17.5. The molecule has 0 spiro atoms. The van der Waals surface area contributed by atoms with E-state index in [1.165, 1.54) is 25.1 Å². The second-order valence-electron chi connectivity index (χ2n) is 6.72. The predicted molar refractivity (Wildman–Crippen MR) is 111 cm³/mol. The summed E-state index contributed by atoms with van der Waals surface area (Å²) in [6.07, 6.45) is 2.38. The Morgan fingerprint density at radius 2 is 1.94 bits per heavy atom. The Bertz CT molecular complexity index is 1070. The molecule has 164 valence electrons. The number of aryl methyl sites for hydroxylation is 1. The molecule has 1 aromatic carbocycles. The average Bonchev–Trinajstić information content (AvgIpc) is 3.16. The molecule has 0 bridgehead atoms. The first kappa shape index (κ1) is 22.0. The van der Waals surface area contributed by atoms with Gasteiger partial charge >= 0.3 is 0 Å². The molecule has 0 unspecified atom stereocenters. The quantitative estimate of drug-likeness (QED) is 0.496. The van der Waals surface area contributed by atoms with Gasteiger partial charge in [0.2, 0.25) is 5.95 Å². The Kier molecular flexibility index (Phi) is 6.65. The lowest BCUT2D eigenvalue weighted by Crippen LogP contribution is -2.35. The molecule has 0 saturated carbocycles. The Morgan fingerprint density at radius 1 is 1.26 bits per heavy atom. The molecule has 1 amide bonds. The van der Waals surface area contributed by atoms with Crippen molar-refractivity contribution in [2.24, 2.45) is 0 Å². The van der Waals surface area contributed by atoms with E-state index in [4.69, 9.17) is 14.6 Å². The maximum atomic E-state index is 14.5. The summed E-state index contributed by atoms with van der Waals surface area (Å²) < 4.78 is 26.1. The number of nitrogens with zero attached hydrogens (tertiary/aromatic N) is 4. The molecule has 3 aromatic rings. The standard InChI is InChI=1S/C20H23FN6O4/c1-11(10-28)23-19(29)16-9-27(26-12(16)2)18-17(21)8-22-20(25-18)24-13-5-14(30-3)7-15(6-13)31-4/h5-9,11,28H,10H2,1-4H3,(H,23,29)(H,22,24,25)/t11-/m0/s1. The topological polar surface area (TPSA) is 123 Å². The number of methoxy groups -OCH3 is 2. The molecule has 0 fully saturated rings. The van der Waals surface area contributed by atoms with E-state index >= 15 is 0 Å². The summed E-state index contributed by atoms with van der Waals surface area (Å²) in [5.74, 6) is -0.0580. The summed E-state index contributed by atoms with van der Waals surface area (Å²) in [6.45, 7) is 3.08. The molecule has 10 nitrogen and oxygen atoms in total. The number of aliphatic hydroxyl groups excluding tert-OH is 1. The van der Waals surface area contributed by atoms with Gasteiger partial charge in [0, 0.05) is 36.1 Å². The number of amides is 1. The van der Waals surface area contributed by atoms with E-state index in [9.17, 15) is 9.18 Å². The summed E-state index contributed by atoms with van der Waals surface area (Å²) in [5, 5.41) is 18.9. The minimum Gasteiger partial charge on any atom is -0.497 e. The van der Waals surface area contributed by atoms with Crippen LogP contribution in [0.4, 0.5) is 16.0 Å². The SMILES string of the molecule is COc1cc(Nc2ncc(F)c(-n3cc(C(=O)N[C@@H](C)CO)c(C)n3)n2)cc(OC)c1. The van der Waals surface area contributed by atoms with Gasteiger partial charge in [0.1, 0.15) is 11.5 Å². The van der Waals surface area contributed by atoms with Gasteiger partial charge in [-0.05, 0) is 13.8 Å². The fourth-order valence-corrected chi connectivity index (χ4v) is 2.73. The highest BCUT2D eigenvalue weighted by molar-refractivity contribution is 5.95. The summed E-state index contributed by atoms with van der Waals surface area (Å²) in [5.41, 5.74) is 1.20. The number of carbonyl (C=O) groups is 1. The number of rotatable bonds is 8. The predicted octanol–water partition coefficient (Wildman–Crippen LogP) is 1.98. The molecule has 31 heavy (non-hydrogen) atoms. The average molecular weight is 430 g/mol. The second kappa shape index (κ2) is 9.39. The van der Waals surface area contributed by atoms with Crippen molar-refractivity contribution in [1.82, 2.24) is 25.1 Å². The fraction of sp³-hybridized carbons (Fsp3) is 0.300. The van der Waals surface area contributed by atoms with Gasteiger partial charge in [-0.25, -0.2) is 14.1 Å². The van der Waals surface area contributed by atoms with Crippen molar-refractivity contribution in [3.8, 4) is 17.3 Å². The number of hydrogen-bond acceptors (Lipinski definition) is 8. The molecule has 2 aromatic heterocycles. The molecular formula is C20H23FN6O4. The maximum Gasteiger partial charge on any atom is 0.255 e. The summed E-state index contributed by atoms with van der Waals surface area (Å²) >= 11 is 0.